The summed E-state index contributed by atoms with van der Waals surface area (Å²) < 4.78 is 46.9. The molecule has 5 rings (SSSR count). The molecule has 0 atom stereocenters. The van der Waals surface area contributed by atoms with Gasteiger partial charge in [0.25, 0.3) is 0 Å². The summed E-state index contributed by atoms with van der Waals surface area (Å²) in [6.45, 7) is 4.12. The Morgan fingerprint density at radius 1 is 0.925 bits per heavy atom. The lowest BCUT2D eigenvalue weighted by Crippen LogP contribution is -2.18. The van der Waals surface area contributed by atoms with Crippen molar-refractivity contribution in [1.29, 1.82) is 0 Å². The SMILES string of the molecule is CCOc1cccc(-c2nc3ncc(NS(=O)(=O)Cc4ncc(C)cn4)nc3n2-c2c(OC)cccc2OC)n1.[HH]. The van der Waals surface area contributed by atoms with E-state index in [0.717, 1.165) is 5.56 Å². The molecule has 0 radical (unpaired) electrons. The summed E-state index contributed by atoms with van der Waals surface area (Å²) in [5.41, 5.74) is 2.26. The molecule has 14 heteroatoms. The highest BCUT2D eigenvalue weighted by Crippen LogP contribution is 2.38. The molecule has 0 amide bonds. The van der Waals surface area contributed by atoms with Crippen LogP contribution >= 0.6 is 0 Å². The van der Waals surface area contributed by atoms with Gasteiger partial charge in [0.05, 0.1) is 27.0 Å². The van der Waals surface area contributed by atoms with E-state index in [0.29, 0.717) is 41.2 Å². The zero-order valence-electron chi connectivity index (χ0n) is 22.2. The number of nitrogens with one attached hydrogen (secondary N) is 1. The Morgan fingerprint density at radius 2 is 1.62 bits per heavy atom. The first kappa shape index (κ1) is 26.7. The molecule has 0 saturated carbocycles. The topological polar surface area (TPSA) is 156 Å². The van der Waals surface area contributed by atoms with Crippen LogP contribution in [0.5, 0.6) is 17.4 Å². The normalized spacial score (nSPS) is 11.4. The Morgan fingerprint density at radius 3 is 2.30 bits per heavy atom. The fraction of sp³-hybridized carbons (Fsp3) is 0.231. The lowest BCUT2D eigenvalue weighted by molar-refractivity contribution is 0.327. The molecule has 0 aliphatic heterocycles. The molecule has 4 heterocycles. The number of aryl methyl sites for hydroxylation is 1. The molecule has 4 aromatic heterocycles. The van der Waals surface area contributed by atoms with Gasteiger partial charge in [0.15, 0.2) is 22.9 Å². The molecule has 0 unspecified atom stereocenters. The number of benzene rings is 1. The summed E-state index contributed by atoms with van der Waals surface area (Å²) in [4.78, 5) is 26.4. The molecule has 0 saturated heterocycles. The van der Waals surface area contributed by atoms with Gasteiger partial charge in [0, 0.05) is 19.9 Å². The van der Waals surface area contributed by atoms with E-state index >= 15 is 0 Å². The van der Waals surface area contributed by atoms with E-state index in [1.165, 1.54) is 20.4 Å². The minimum atomic E-state index is -3.92. The molecule has 0 fully saturated rings. The van der Waals surface area contributed by atoms with Crippen LogP contribution in [0.3, 0.4) is 0 Å². The quantitative estimate of drug-likeness (QED) is 0.264. The van der Waals surface area contributed by atoms with Crippen molar-refractivity contribution in [3.05, 3.63) is 66.4 Å². The third-order valence-corrected chi connectivity index (χ3v) is 6.81. The Bertz CT molecular complexity index is 1760. The van der Waals surface area contributed by atoms with Gasteiger partial charge < -0.3 is 14.2 Å². The fourth-order valence-electron chi connectivity index (χ4n) is 3.96. The smallest absolute Gasteiger partial charge is 0.241 e. The predicted octanol–water partition coefficient (Wildman–Crippen LogP) is 3.58. The highest BCUT2D eigenvalue weighted by Gasteiger charge is 2.25. The number of sulfonamides is 1. The molecule has 0 spiro atoms. The van der Waals surface area contributed by atoms with Gasteiger partial charge in [-0.15, -0.1) is 0 Å². The Hall–Kier alpha value is -4.85. The molecule has 0 aliphatic carbocycles. The van der Waals surface area contributed by atoms with Crippen LogP contribution in [0.25, 0.3) is 28.5 Å². The van der Waals surface area contributed by atoms with E-state index < -0.39 is 15.8 Å². The maximum Gasteiger partial charge on any atom is 0.241 e. The maximum atomic E-state index is 12.9. The number of imidazole rings is 1. The number of methoxy groups -OCH3 is 2. The van der Waals surface area contributed by atoms with Crippen molar-refractivity contribution < 1.29 is 24.1 Å². The monoisotopic (exact) mass is 564 g/mol. The van der Waals surface area contributed by atoms with Crippen LogP contribution in [0.1, 0.15) is 19.7 Å². The van der Waals surface area contributed by atoms with Gasteiger partial charge in [-0.1, -0.05) is 12.1 Å². The minimum Gasteiger partial charge on any atom is -0.494 e. The van der Waals surface area contributed by atoms with Crippen molar-refractivity contribution in [1.82, 2.24) is 34.5 Å². The first-order chi connectivity index (χ1) is 19.3. The van der Waals surface area contributed by atoms with Gasteiger partial charge >= 0.3 is 0 Å². The lowest BCUT2D eigenvalue weighted by atomic mass is 10.2. The van der Waals surface area contributed by atoms with Gasteiger partial charge in [0.1, 0.15) is 34.5 Å². The maximum absolute atomic E-state index is 12.9. The highest BCUT2D eigenvalue weighted by molar-refractivity contribution is 7.91. The second-order valence-electron chi connectivity index (χ2n) is 8.52. The molecule has 13 nitrogen and oxygen atoms in total. The average molecular weight is 565 g/mol. The summed E-state index contributed by atoms with van der Waals surface area (Å²) >= 11 is 0. The first-order valence-corrected chi connectivity index (χ1v) is 13.8. The van der Waals surface area contributed by atoms with Crippen LogP contribution in [0, 0.1) is 6.92 Å². The van der Waals surface area contributed by atoms with Crippen LogP contribution < -0.4 is 18.9 Å². The van der Waals surface area contributed by atoms with Crippen LogP contribution in [0.4, 0.5) is 5.82 Å². The largest absolute Gasteiger partial charge is 0.494 e. The van der Waals surface area contributed by atoms with Gasteiger partial charge in [0.2, 0.25) is 15.9 Å². The van der Waals surface area contributed by atoms with Crippen molar-refractivity contribution in [2.75, 3.05) is 25.5 Å². The van der Waals surface area contributed by atoms with Crippen molar-refractivity contribution in [2.45, 2.75) is 19.6 Å². The number of hydrogen-bond donors (Lipinski definition) is 1. The summed E-state index contributed by atoms with van der Waals surface area (Å²) in [5.74, 6) is 1.41. The number of anilines is 1. The Balaban J connectivity index is 0.00000387. The predicted molar refractivity (Wildman–Crippen MR) is 149 cm³/mol. The van der Waals surface area contributed by atoms with E-state index in [-0.39, 0.29) is 24.4 Å². The van der Waals surface area contributed by atoms with Crippen molar-refractivity contribution in [3.63, 3.8) is 0 Å². The number of nitrogens with zero attached hydrogens (tertiary/aromatic N) is 7. The van der Waals surface area contributed by atoms with Gasteiger partial charge in [-0.2, -0.15) is 0 Å². The van der Waals surface area contributed by atoms with Gasteiger partial charge in [-0.05, 0) is 37.6 Å². The average Bonchev–Trinajstić information content (AvgIpc) is 3.32. The molecule has 5 aromatic rings. The van der Waals surface area contributed by atoms with E-state index in [9.17, 15) is 8.42 Å². The number of para-hydroxylation sites is 1. The molecular weight excluding hydrogens is 536 g/mol. The summed E-state index contributed by atoms with van der Waals surface area (Å²) in [5, 5.41) is 0. The number of ether oxygens (including phenoxy) is 3. The fourth-order valence-corrected chi connectivity index (χ4v) is 4.94. The number of aromatic nitrogens is 7. The van der Waals surface area contributed by atoms with Crippen molar-refractivity contribution in [3.8, 4) is 34.6 Å². The summed E-state index contributed by atoms with van der Waals surface area (Å²) in [7, 11) is -0.853. The Labute approximate surface area is 231 Å². The molecular formula is C26H28N8O5S. The number of rotatable bonds is 10. The zero-order chi connectivity index (χ0) is 28.3. The van der Waals surface area contributed by atoms with Crippen LogP contribution in [0.2, 0.25) is 0 Å². The van der Waals surface area contributed by atoms with E-state index in [1.807, 2.05) is 13.8 Å². The van der Waals surface area contributed by atoms with Crippen LogP contribution in [0.15, 0.2) is 55.0 Å². The second kappa shape index (κ2) is 11.1. The first-order valence-electron chi connectivity index (χ1n) is 12.2. The molecule has 208 valence electrons. The van der Waals surface area contributed by atoms with Crippen LogP contribution in [-0.2, 0) is 15.8 Å². The van der Waals surface area contributed by atoms with E-state index in [2.05, 4.69) is 34.6 Å². The summed E-state index contributed by atoms with van der Waals surface area (Å²) in [6, 6.07) is 10.6. The zero-order valence-corrected chi connectivity index (χ0v) is 23.0. The molecule has 1 N–H and O–H groups in total. The van der Waals surface area contributed by atoms with E-state index in [4.69, 9.17) is 14.2 Å². The Kier molecular flexibility index (Phi) is 7.42. The highest BCUT2D eigenvalue weighted by atomic mass is 32.2. The standard InChI is InChI=1S/C26H26N8O5S.H2/c1-5-39-22-11-6-8-17(30-22)25-32-24-26(34(25)23-18(37-3)9-7-10-19(23)38-4)31-20(14-29-24)33-40(35,36)15-21-27-12-16(2)13-28-21;/h6-14H,5,15H2,1-4H3,(H,31,33);1H. The van der Waals surface area contributed by atoms with Gasteiger partial charge in [-0.3, -0.25) is 9.29 Å². The molecule has 40 heavy (non-hydrogen) atoms. The minimum absolute atomic E-state index is 0. The van der Waals surface area contributed by atoms with Crippen molar-refractivity contribution in [2.24, 2.45) is 0 Å². The number of fused-ring (bicyclic) bond motifs is 1. The van der Waals surface area contributed by atoms with E-state index in [1.54, 1.807) is 53.4 Å². The van der Waals surface area contributed by atoms with Gasteiger partial charge in [-0.25, -0.2) is 38.3 Å². The summed E-state index contributed by atoms with van der Waals surface area (Å²) in [6.07, 6.45) is 4.40. The number of hydrogen-bond acceptors (Lipinski definition) is 11. The molecule has 0 bridgehead atoms. The second-order valence-corrected chi connectivity index (χ2v) is 10.2. The lowest BCUT2D eigenvalue weighted by Gasteiger charge is -2.16. The molecule has 0 aliphatic rings. The van der Waals surface area contributed by atoms with Crippen molar-refractivity contribution >= 4 is 27.1 Å². The molecule has 1 aromatic carbocycles. The van der Waals surface area contributed by atoms with Crippen LogP contribution in [-0.4, -0.2) is 63.7 Å². The number of pyridine rings is 1. The third kappa shape index (κ3) is 5.47. The third-order valence-electron chi connectivity index (χ3n) is 5.65.